The van der Waals surface area contributed by atoms with Crippen LogP contribution in [0.25, 0.3) is 0 Å². The topological polar surface area (TPSA) is 26.3 Å². The number of benzene rings is 2. The third-order valence-corrected chi connectivity index (χ3v) is 3.39. The number of halogens is 5. The van der Waals surface area contributed by atoms with Gasteiger partial charge in [-0.3, -0.25) is 4.79 Å². The van der Waals surface area contributed by atoms with Gasteiger partial charge in [0.15, 0.2) is 6.29 Å². The zero-order valence-corrected chi connectivity index (χ0v) is 12.6. The lowest BCUT2D eigenvalue weighted by atomic mass is 10.2. The Labute approximate surface area is 131 Å². The molecule has 0 bridgehead atoms. The van der Waals surface area contributed by atoms with Crippen molar-refractivity contribution in [3.63, 3.8) is 0 Å². The van der Waals surface area contributed by atoms with Crippen LogP contribution in [0.2, 0.25) is 5.02 Å². The van der Waals surface area contributed by atoms with Crippen molar-refractivity contribution in [2.75, 3.05) is 0 Å². The maximum Gasteiger partial charge on any atom is 0.417 e. The Balaban J connectivity index is 2.39. The molecule has 2 nitrogen and oxygen atoms in total. The van der Waals surface area contributed by atoms with E-state index in [-0.39, 0.29) is 17.1 Å². The summed E-state index contributed by atoms with van der Waals surface area (Å²) in [5.41, 5.74) is -0.778. The largest absolute Gasteiger partial charge is 0.457 e. The molecule has 0 aromatic heterocycles. The molecule has 0 atom stereocenters. The maximum atomic E-state index is 12.8. The van der Waals surface area contributed by atoms with Crippen LogP contribution in [0.4, 0.5) is 13.2 Å². The van der Waals surface area contributed by atoms with Crippen LogP contribution in [0.1, 0.15) is 15.9 Å². The fraction of sp³-hybridized carbons (Fsp3) is 0.0714. The van der Waals surface area contributed by atoms with Crippen LogP contribution in [-0.2, 0) is 6.18 Å². The van der Waals surface area contributed by atoms with E-state index < -0.39 is 16.8 Å². The van der Waals surface area contributed by atoms with Crippen molar-refractivity contribution in [2.24, 2.45) is 0 Å². The number of rotatable bonds is 3. The lowest BCUT2D eigenvalue weighted by molar-refractivity contribution is -0.137. The Hall–Kier alpha value is -1.53. The Bertz CT molecular complexity index is 686. The summed E-state index contributed by atoms with van der Waals surface area (Å²) in [5, 5.41) is -0.415. The summed E-state index contributed by atoms with van der Waals surface area (Å²) in [7, 11) is 0. The van der Waals surface area contributed by atoms with Crippen molar-refractivity contribution in [3.8, 4) is 11.5 Å². The molecular formula is C14H7BrClF3O2. The van der Waals surface area contributed by atoms with Crippen molar-refractivity contribution < 1.29 is 22.7 Å². The van der Waals surface area contributed by atoms with Gasteiger partial charge >= 0.3 is 6.18 Å². The third-order valence-electron chi connectivity index (χ3n) is 2.57. The van der Waals surface area contributed by atoms with Gasteiger partial charge < -0.3 is 4.74 Å². The summed E-state index contributed by atoms with van der Waals surface area (Å²) in [6.45, 7) is 0. The summed E-state index contributed by atoms with van der Waals surface area (Å²) in [6.07, 6.45) is -4.02. The Morgan fingerprint density at radius 3 is 2.48 bits per heavy atom. The normalized spacial score (nSPS) is 11.3. The first-order chi connectivity index (χ1) is 9.81. The average Bonchev–Trinajstić information content (AvgIpc) is 2.41. The van der Waals surface area contributed by atoms with Gasteiger partial charge in [0.1, 0.15) is 11.5 Å². The molecule has 0 radical (unpaired) electrons. The predicted molar refractivity (Wildman–Crippen MR) is 76.1 cm³/mol. The van der Waals surface area contributed by atoms with Crippen LogP contribution in [0.15, 0.2) is 40.9 Å². The molecule has 0 fully saturated rings. The van der Waals surface area contributed by atoms with Gasteiger partial charge in [-0.25, -0.2) is 0 Å². The average molecular weight is 380 g/mol. The van der Waals surface area contributed by atoms with E-state index in [9.17, 15) is 18.0 Å². The monoisotopic (exact) mass is 378 g/mol. The van der Waals surface area contributed by atoms with E-state index in [0.29, 0.717) is 10.8 Å². The highest BCUT2D eigenvalue weighted by atomic mass is 79.9. The second-order valence-corrected chi connectivity index (χ2v) is 5.36. The van der Waals surface area contributed by atoms with Gasteiger partial charge in [0.2, 0.25) is 0 Å². The minimum Gasteiger partial charge on any atom is -0.457 e. The number of carbonyl (C=O) groups excluding carboxylic acids is 1. The van der Waals surface area contributed by atoms with E-state index >= 15 is 0 Å². The molecule has 0 saturated carbocycles. The SMILES string of the molecule is O=Cc1cc(Br)ccc1Oc1ccc(Cl)c(C(F)(F)F)c1. The van der Waals surface area contributed by atoms with Gasteiger partial charge in [-0.1, -0.05) is 27.5 Å². The molecule has 0 aliphatic heterocycles. The summed E-state index contributed by atoms with van der Waals surface area (Å²) in [4.78, 5) is 10.9. The molecule has 0 spiro atoms. The molecule has 110 valence electrons. The molecule has 0 aliphatic carbocycles. The highest BCUT2D eigenvalue weighted by molar-refractivity contribution is 9.10. The number of alkyl halides is 3. The first-order valence-electron chi connectivity index (χ1n) is 5.60. The highest BCUT2D eigenvalue weighted by Crippen LogP contribution is 2.38. The molecule has 2 aromatic carbocycles. The van der Waals surface area contributed by atoms with Gasteiger partial charge in [-0.2, -0.15) is 13.2 Å². The molecule has 7 heteroatoms. The minimum absolute atomic E-state index is 0.0582. The van der Waals surface area contributed by atoms with Crippen LogP contribution in [0.3, 0.4) is 0 Å². The van der Waals surface area contributed by atoms with Gasteiger partial charge in [-0.05, 0) is 36.4 Å². The summed E-state index contributed by atoms with van der Waals surface area (Å²) < 4.78 is 44.3. The zero-order valence-electron chi connectivity index (χ0n) is 10.2. The van der Waals surface area contributed by atoms with Crippen molar-refractivity contribution in [1.82, 2.24) is 0 Å². The molecule has 2 rings (SSSR count). The molecule has 0 aliphatic rings. The molecular weight excluding hydrogens is 373 g/mol. The maximum absolute atomic E-state index is 12.8. The number of hydrogen-bond donors (Lipinski definition) is 0. The number of aldehydes is 1. The second kappa shape index (κ2) is 6.07. The van der Waals surface area contributed by atoms with Gasteiger partial charge in [-0.15, -0.1) is 0 Å². The van der Waals surface area contributed by atoms with Gasteiger partial charge in [0.25, 0.3) is 0 Å². The second-order valence-electron chi connectivity index (χ2n) is 4.04. The van der Waals surface area contributed by atoms with Gasteiger partial charge in [0, 0.05) is 4.47 Å². The van der Waals surface area contributed by atoms with Crippen molar-refractivity contribution >= 4 is 33.8 Å². The third kappa shape index (κ3) is 3.77. The van der Waals surface area contributed by atoms with E-state index in [4.69, 9.17) is 16.3 Å². The molecule has 0 N–H and O–H groups in total. The Morgan fingerprint density at radius 2 is 1.86 bits per heavy atom. The van der Waals surface area contributed by atoms with Crippen LogP contribution in [0, 0.1) is 0 Å². The first kappa shape index (κ1) is 15.9. The number of ether oxygens (including phenoxy) is 1. The summed E-state index contributed by atoms with van der Waals surface area (Å²) >= 11 is 8.71. The van der Waals surface area contributed by atoms with Crippen molar-refractivity contribution in [3.05, 3.63) is 57.0 Å². The van der Waals surface area contributed by atoms with Crippen molar-refractivity contribution in [2.45, 2.75) is 6.18 Å². The van der Waals surface area contributed by atoms with Crippen LogP contribution >= 0.6 is 27.5 Å². The van der Waals surface area contributed by atoms with Crippen molar-refractivity contribution in [1.29, 1.82) is 0 Å². The zero-order chi connectivity index (χ0) is 15.6. The molecule has 0 heterocycles. The van der Waals surface area contributed by atoms with Crippen LogP contribution < -0.4 is 4.74 Å². The van der Waals surface area contributed by atoms with E-state index in [1.165, 1.54) is 18.2 Å². The van der Waals surface area contributed by atoms with E-state index in [0.717, 1.165) is 12.1 Å². The quantitative estimate of drug-likeness (QED) is 0.637. The summed E-state index contributed by atoms with van der Waals surface area (Å²) in [6, 6.07) is 7.79. The predicted octanol–water partition coefficient (Wildman–Crippen LogP) is 5.73. The van der Waals surface area contributed by atoms with Crippen LogP contribution in [0.5, 0.6) is 11.5 Å². The van der Waals surface area contributed by atoms with Crippen LogP contribution in [-0.4, -0.2) is 6.29 Å². The molecule has 0 saturated heterocycles. The van der Waals surface area contributed by atoms with E-state index in [1.807, 2.05) is 0 Å². The molecule has 0 amide bonds. The van der Waals surface area contributed by atoms with Gasteiger partial charge in [0.05, 0.1) is 16.1 Å². The number of carbonyl (C=O) groups is 1. The lowest BCUT2D eigenvalue weighted by Crippen LogP contribution is -2.06. The molecule has 0 unspecified atom stereocenters. The Kier molecular flexibility index (Phi) is 4.58. The standard InChI is InChI=1S/C14H7BrClF3O2/c15-9-1-4-13(8(5-9)7-20)21-10-2-3-12(16)11(6-10)14(17,18)19/h1-7H. The molecule has 2 aromatic rings. The molecule has 21 heavy (non-hydrogen) atoms. The smallest absolute Gasteiger partial charge is 0.417 e. The Morgan fingerprint density at radius 1 is 1.14 bits per heavy atom. The first-order valence-corrected chi connectivity index (χ1v) is 6.77. The minimum atomic E-state index is -4.58. The highest BCUT2D eigenvalue weighted by Gasteiger charge is 2.33. The summed E-state index contributed by atoms with van der Waals surface area (Å²) in [5.74, 6) is 0.0980. The number of hydrogen-bond acceptors (Lipinski definition) is 2. The fourth-order valence-electron chi connectivity index (χ4n) is 1.62. The lowest BCUT2D eigenvalue weighted by Gasteiger charge is -2.12. The van der Waals surface area contributed by atoms with E-state index in [1.54, 1.807) is 6.07 Å². The fourth-order valence-corrected chi connectivity index (χ4v) is 2.22. The van der Waals surface area contributed by atoms with E-state index in [2.05, 4.69) is 15.9 Å².